The number of amides is 2. The topological polar surface area (TPSA) is 35.6 Å². The number of anilines is 1. The quantitative estimate of drug-likeness (QED) is 0.805. The Bertz CT molecular complexity index is 402. The lowest BCUT2D eigenvalue weighted by Gasteiger charge is -2.32. The molecule has 1 N–H and O–H groups in total. The van der Waals surface area contributed by atoms with E-state index in [2.05, 4.69) is 10.2 Å². The van der Waals surface area contributed by atoms with Crippen molar-refractivity contribution in [1.29, 1.82) is 0 Å². The zero-order valence-corrected chi connectivity index (χ0v) is 9.82. The van der Waals surface area contributed by atoms with Crippen LogP contribution in [0.15, 0.2) is 24.3 Å². The van der Waals surface area contributed by atoms with Crippen LogP contribution in [-0.4, -0.2) is 49.1 Å². The number of benzene rings is 1. The number of likely N-dealkylation sites (N-methyl/N-ethyl adjacent to an activating group) is 1. The molecule has 0 atom stereocenters. The molecule has 92 valence electrons. The van der Waals surface area contributed by atoms with Gasteiger partial charge in [-0.15, -0.1) is 0 Å². The van der Waals surface area contributed by atoms with Gasteiger partial charge in [0.05, 0.1) is 5.69 Å². The maximum Gasteiger partial charge on any atom is 0.322 e. The van der Waals surface area contributed by atoms with Gasteiger partial charge in [-0.25, -0.2) is 9.18 Å². The highest BCUT2D eigenvalue weighted by atomic mass is 19.1. The van der Waals surface area contributed by atoms with Crippen molar-refractivity contribution < 1.29 is 9.18 Å². The van der Waals surface area contributed by atoms with E-state index in [1.54, 1.807) is 23.1 Å². The molecule has 0 saturated carbocycles. The van der Waals surface area contributed by atoms with Crippen LogP contribution < -0.4 is 5.32 Å². The van der Waals surface area contributed by atoms with Gasteiger partial charge in [0.1, 0.15) is 5.82 Å². The second-order valence-electron chi connectivity index (χ2n) is 4.20. The number of halogens is 1. The van der Waals surface area contributed by atoms with Crippen LogP contribution in [0.25, 0.3) is 0 Å². The lowest BCUT2D eigenvalue weighted by atomic mass is 10.3. The van der Waals surface area contributed by atoms with Gasteiger partial charge >= 0.3 is 6.03 Å². The summed E-state index contributed by atoms with van der Waals surface area (Å²) >= 11 is 0. The van der Waals surface area contributed by atoms with Crippen LogP contribution in [0.1, 0.15) is 0 Å². The van der Waals surface area contributed by atoms with Crippen molar-refractivity contribution >= 4 is 11.7 Å². The van der Waals surface area contributed by atoms with Gasteiger partial charge in [0.25, 0.3) is 0 Å². The third kappa shape index (κ3) is 2.94. The van der Waals surface area contributed by atoms with E-state index in [1.165, 1.54) is 6.07 Å². The summed E-state index contributed by atoms with van der Waals surface area (Å²) in [6, 6.07) is 5.95. The Labute approximate surface area is 100 Å². The standard InChI is InChI=1S/C12H16FN3O/c1-15-6-8-16(9-7-15)12(17)14-11-5-3-2-4-10(11)13/h2-5H,6-9H2,1H3,(H,14,17). The van der Waals surface area contributed by atoms with Gasteiger partial charge in [-0.2, -0.15) is 0 Å². The molecule has 0 aliphatic carbocycles. The van der Waals surface area contributed by atoms with E-state index in [4.69, 9.17) is 0 Å². The fourth-order valence-electron chi connectivity index (χ4n) is 1.77. The van der Waals surface area contributed by atoms with Crippen molar-refractivity contribution in [2.75, 3.05) is 38.5 Å². The minimum atomic E-state index is -0.407. The van der Waals surface area contributed by atoms with E-state index in [1.807, 2.05) is 7.05 Å². The highest BCUT2D eigenvalue weighted by molar-refractivity contribution is 5.89. The molecule has 0 aromatic heterocycles. The second kappa shape index (κ2) is 5.14. The fourth-order valence-corrected chi connectivity index (χ4v) is 1.77. The molecule has 0 spiro atoms. The molecular weight excluding hydrogens is 221 g/mol. The van der Waals surface area contributed by atoms with E-state index >= 15 is 0 Å². The number of carbonyl (C=O) groups is 1. The number of hydrogen-bond acceptors (Lipinski definition) is 2. The Morgan fingerprint density at radius 2 is 1.88 bits per heavy atom. The van der Waals surface area contributed by atoms with Gasteiger partial charge in [-0.05, 0) is 19.2 Å². The molecule has 1 heterocycles. The summed E-state index contributed by atoms with van der Waals surface area (Å²) in [7, 11) is 2.02. The maximum atomic E-state index is 13.3. The van der Waals surface area contributed by atoms with Crippen molar-refractivity contribution in [3.05, 3.63) is 30.1 Å². The van der Waals surface area contributed by atoms with Crippen molar-refractivity contribution in [2.45, 2.75) is 0 Å². The average molecular weight is 237 g/mol. The van der Waals surface area contributed by atoms with Gasteiger partial charge in [0.15, 0.2) is 0 Å². The number of hydrogen-bond donors (Lipinski definition) is 1. The van der Waals surface area contributed by atoms with Gasteiger partial charge in [-0.3, -0.25) is 0 Å². The van der Waals surface area contributed by atoms with Crippen molar-refractivity contribution in [1.82, 2.24) is 9.80 Å². The summed E-state index contributed by atoms with van der Waals surface area (Å²) in [5.74, 6) is -0.407. The third-order valence-corrected chi connectivity index (χ3v) is 2.91. The molecule has 5 heteroatoms. The molecule has 0 bridgehead atoms. The Hall–Kier alpha value is -1.62. The smallest absolute Gasteiger partial charge is 0.322 e. The Morgan fingerprint density at radius 1 is 1.24 bits per heavy atom. The normalized spacial score (nSPS) is 16.9. The molecule has 17 heavy (non-hydrogen) atoms. The predicted octanol–water partition coefficient (Wildman–Crippen LogP) is 1.60. The van der Waals surface area contributed by atoms with Gasteiger partial charge in [-0.1, -0.05) is 12.1 Å². The summed E-state index contributed by atoms with van der Waals surface area (Å²) in [6.07, 6.45) is 0. The molecule has 4 nitrogen and oxygen atoms in total. The second-order valence-corrected chi connectivity index (χ2v) is 4.20. The number of piperazine rings is 1. The molecular formula is C12H16FN3O. The first-order valence-electron chi connectivity index (χ1n) is 5.66. The minimum absolute atomic E-state index is 0.233. The largest absolute Gasteiger partial charge is 0.322 e. The monoisotopic (exact) mass is 237 g/mol. The van der Waals surface area contributed by atoms with Crippen LogP contribution in [0.2, 0.25) is 0 Å². The van der Waals surface area contributed by atoms with Crippen LogP contribution in [0.3, 0.4) is 0 Å². The third-order valence-electron chi connectivity index (χ3n) is 2.91. The van der Waals surface area contributed by atoms with Crippen LogP contribution in [0.5, 0.6) is 0 Å². The summed E-state index contributed by atoms with van der Waals surface area (Å²) in [5, 5.41) is 2.59. The average Bonchev–Trinajstić information content (AvgIpc) is 2.33. The first-order valence-corrected chi connectivity index (χ1v) is 5.66. The minimum Gasteiger partial charge on any atom is -0.322 e. The molecule has 2 amide bonds. The molecule has 1 aromatic carbocycles. The van der Waals surface area contributed by atoms with Crippen LogP contribution >= 0.6 is 0 Å². The molecule has 1 aromatic rings. The number of nitrogens with one attached hydrogen (secondary N) is 1. The Kier molecular flexibility index (Phi) is 3.58. The summed E-state index contributed by atoms with van der Waals surface area (Å²) in [6.45, 7) is 3.06. The number of nitrogens with zero attached hydrogens (tertiary/aromatic N) is 2. The highest BCUT2D eigenvalue weighted by Crippen LogP contribution is 2.13. The zero-order chi connectivity index (χ0) is 12.3. The lowest BCUT2D eigenvalue weighted by molar-refractivity contribution is 0.164. The van der Waals surface area contributed by atoms with Crippen LogP contribution in [-0.2, 0) is 0 Å². The zero-order valence-electron chi connectivity index (χ0n) is 9.82. The molecule has 1 saturated heterocycles. The summed E-state index contributed by atoms with van der Waals surface area (Å²) < 4.78 is 13.3. The number of urea groups is 1. The van der Waals surface area contributed by atoms with Crippen LogP contribution in [0.4, 0.5) is 14.9 Å². The fraction of sp³-hybridized carbons (Fsp3) is 0.417. The number of rotatable bonds is 1. The molecule has 1 aliphatic rings. The van der Waals surface area contributed by atoms with Crippen LogP contribution in [0, 0.1) is 5.82 Å². The maximum absolute atomic E-state index is 13.3. The van der Waals surface area contributed by atoms with Gasteiger partial charge in [0.2, 0.25) is 0 Å². The predicted molar refractivity (Wildman–Crippen MR) is 64.5 cm³/mol. The van der Waals surface area contributed by atoms with E-state index in [0.717, 1.165) is 13.1 Å². The molecule has 0 unspecified atom stereocenters. The lowest BCUT2D eigenvalue weighted by Crippen LogP contribution is -2.48. The summed E-state index contributed by atoms with van der Waals surface area (Å²) in [4.78, 5) is 15.7. The molecule has 0 radical (unpaired) electrons. The highest BCUT2D eigenvalue weighted by Gasteiger charge is 2.19. The van der Waals surface area contributed by atoms with Crippen molar-refractivity contribution in [3.63, 3.8) is 0 Å². The summed E-state index contributed by atoms with van der Waals surface area (Å²) in [5.41, 5.74) is 0.233. The Balaban J connectivity index is 1.95. The molecule has 2 rings (SSSR count). The van der Waals surface area contributed by atoms with Gasteiger partial charge < -0.3 is 15.1 Å². The first-order chi connectivity index (χ1) is 8.16. The van der Waals surface area contributed by atoms with E-state index < -0.39 is 5.82 Å². The van der Waals surface area contributed by atoms with Crippen molar-refractivity contribution in [3.8, 4) is 0 Å². The molecule has 1 fully saturated rings. The van der Waals surface area contributed by atoms with E-state index in [0.29, 0.717) is 13.1 Å². The first kappa shape index (κ1) is 11.9. The number of carbonyl (C=O) groups excluding carboxylic acids is 1. The van der Waals surface area contributed by atoms with Gasteiger partial charge in [0, 0.05) is 26.2 Å². The SMILES string of the molecule is CN1CCN(C(=O)Nc2ccccc2F)CC1. The number of para-hydroxylation sites is 1. The Morgan fingerprint density at radius 3 is 2.53 bits per heavy atom. The van der Waals surface area contributed by atoms with E-state index in [-0.39, 0.29) is 11.7 Å². The molecule has 1 aliphatic heterocycles. The van der Waals surface area contributed by atoms with E-state index in [9.17, 15) is 9.18 Å². The van der Waals surface area contributed by atoms with Crippen molar-refractivity contribution in [2.24, 2.45) is 0 Å².